The third kappa shape index (κ3) is 2.16. The minimum atomic E-state index is -0.950. The number of para-hydroxylation sites is 1. The molecule has 1 aromatic carbocycles. The molecule has 2 N–H and O–H groups in total. The zero-order chi connectivity index (χ0) is 12.8. The molecule has 0 saturated heterocycles. The Hall–Kier alpha value is -1.32. The van der Waals surface area contributed by atoms with E-state index in [0.717, 1.165) is 16.5 Å². The van der Waals surface area contributed by atoms with Crippen molar-refractivity contribution in [2.24, 2.45) is 0 Å². The summed E-state index contributed by atoms with van der Waals surface area (Å²) in [4.78, 5) is 0. The average Bonchev–Trinajstić information content (AvgIpc) is 3.04. The highest BCUT2D eigenvalue weighted by molar-refractivity contribution is 5.81. The maximum Gasteiger partial charge on any atom is 0.137 e. The summed E-state index contributed by atoms with van der Waals surface area (Å²) < 4.78 is 5.83. The summed E-state index contributed by atoms with van der Waals surface area (Å²) in [5.41, 5.74) is 1.03. The van der Waals surface area contributed by atoms with Crippen molar-refractivity contribution in [3.8, 4) is 0 Å². The van der Waals surface area contributed by atoms with Gasteiger partial charge in [0.2, 0.25) is 0 Å². The molecule has 1 unspecified atom stereocenters. The molecule has 0 bridgehead atoms. The Morgan fingerprint density at radius 3 is 2.89 bits per heavy atom. The van der Waals surface area contributed by atoms with Gasteiger partial charge in [-0.05, 0) is 38.3 Å². The van der Waals surface area contributed by atoms with Crippen molar-refractivity contribution in [3.63, 3.8) is 0 Å². The summed E-state index contributed by atoms with van der Waals surface area (Å²) in [7, 11) is 0. The second-order valence-electron chi connectivity index (χ2n) is 5.53. The number of benzene rings is 1. The third-order valence-electron chi connectivity index (χ3n) is 3.58. The molecule has 1 fully saturated rings. The number of fused-ring (bicyclic) bond motifs is 1. The third-order valence-corrected chi connectivity index (χ3v) is 3.58. The molecule has 1 aliphatic carbocycles. The van der Waals surface area contributed by atoms with Gasteiger partial charge in [0.1, 0.15) is 16.9 Å². The first-order valence-corrected chi connectivity index (χ1v) is 6.52. The fraction of sp³-hybridized carbons (Fsp3) is 0.467. The number of hydrogen-bond acceptors (Lipinski definition) is 3. The van der Waals surface area contributed by atoms with Gasteiger partial charge in [0, 0.05) is 18.0 Å². The topological polar surface area (TPSA) is 45.4 Å². The van der Waals surface area contributed by atoms with Crippen LogP contribution in [0.25, 0.3) is 11.0 Å². The highest BCUT2D eigenvalue weighted by atomic mass is 16.4. The van der Waals surface area contributed by atoms with Gasteiger partial charge in [-0.25, -0.2) is 0 Å². The largest absolute Gasteiger partial charge is 0.458 e. The molecule has 3 nitrogen and oxygen atoms in total. The summed E-state index contributed by atoms with van der Waals surface area (Å²) >= 11 is 0. The molecule has 2 aromatic rings. The number of hydrogen-bond donors (Lipinski definition) is 2. The Kier molecular flexibility index (Phi) is 2.68. The first-order chi connectivity index (χ1) is 8.56. The van der Waals surface area contributed by atoms with Crippen LogP contribution in [0, 0.1) is 6.92 Å². The van der Waals surface area contributed by atoms with E-state index in [-0.39, 0.29) is 0 Å². The summed E-state index contributed by atoms with van der Waals surface area (Å²) in [6, 6.07) is 8.57. The lowest BCUT2D eigenvalue weighted by molar-refractivity contribution is 0.0355. The van der Waals surface area contributed by atoms with Gasteiger partial charge in [0.25, 0.3) is 0 Å². The second kappa shape index (κ2) is 4.11. The molecular weight excluding hydrogens is 226 g/mol. The smallest absolute Gasteiger partial charge is 0.137 e. The maximum absolute atomic E-state index is 10.5. The van der Waals surface area contributed by atoms with Crippen LogP contribution in [0.5, 0.6) is 0 Å². The Morgan fingerprint density at radius 1 is 1.44 bits per heavy atom. The van der Waals surface area contributed by atoms with Gasteiger partial charge >= 0.3 is 0 Å². The van der Waals surface area contributed by atoms with Gasteiger partial charge in [-0.15, -0.1) is 0 Å². The number of aryl methyl sites for hydroxylation is 1. The first kappa shape index (κ1) is 11.8. The summed E-state index contributed by atoms with van der Waals surface area (Å²) in [5.74, 6) is 0.639. The van der Waals surface area contributed by atoms with E-state index in [9.17, 15) is 5.11 Å². The van der Waals surface area contributed by atoms with Crippen LogP contribution in [0.15, 0.2) is 28.7 Å². The molecular formula is C15H19NO2. The molecule has 3 heteroatoms. The fourth-order valence-corrected chi connectivity index (χ4v) is 2.19. The van der Waals surface area contributed by atoms with Crippen LogP contribution < -0.4 is 5.32 Å². The second-order valence-corrected chi connectivity index (χ2v) is 5.53. The van der Waals surface area contributed by atoms with E-state index in [2.05, 4.69) is 5.32 Å². The number of rotatable bonds is 4. The van der Waals surface area contributed by atoms with Crippen molar-refractivity contribution < 1.29 is 9.52 Å². The lowest BCUT2D eigenvalue weighted by atomic mass is 10.0. The van der Waals surface area contributed by atoms with Crippen LogP contribution in [0.1, 0.15) is 31.1 Å². The van der Waals surface area contributed by atoms with E-state index < -0.39 is 5.60 Å². The van der Waals surface area contributed by atoms with Crippen LogP contribution >= 0.6 is 0 Å². The Balaban J connectivity index is 1.89. The van der Waals surface area contributed by atoms with Crippen LogP contribution in [0.3, 0.4) is 0 Å². The number of aliphatic hydroxyl groups is 1. The molecule has 96 valence electrons. The molecule has 0 spiro atoms. The van der Waals surface area contributed by atoms with Crippen molar-refractivity contribution >= 4 is 11.0 Å². The Bertz CT molecular complexity index is 567. The van der Waals surface area contributed by atoms with Gasteiger partial charge < -0.3 is 14.8 Å². The molecule has 0 radical (unpaired) electrons. The quantitative estimate of drug-likeness (QED) is 0.870. The minimum Gasteiger partial charge on any atom is -0.458 e. The highest BCUT2D eigenvalue weighted by Crippen LogP contribution is 2.30. The summed E-state index contributed by atoms with van der Waals surface area (Å²) in [5, 5.41) is 14.9. The number of nitrogens with one attached hydrogen (secondary N) is 1. The molecule has 1 heterocycles. The highest BCUT2D eigenvalue weighted by Gasteiger charge is 2.30. The van der Waals surface area contributed by atoms with E-state index in [0.29, 0.717) is 18.3 Å². The Labute approximate surface area is 107 Å². The van der Waals surface area contributed by atoms with Gasteiger partial charge in [0.05, 0.1) is 0 Å². The van der Waals surface area contributed by atoms with Crippen molar-refractivity contribution in [1.82, 2.24) is 5.32 Å². The van der Waals surface area contributed by atoms with Crippen LogP contribution in [0.4, 0.5) is 0 Å². The van der Waals surface area contributed by atoms with E-state index in [4.69, 9.17) is 4.42 Å². The Morgan fingerprint density at radius 2 is 2.22 bits per heavy atom. The summed E-state index contributed by atoms with van der Waals surface area (Å²) in [6.45, 7) is 4.36. The van der Waals surface area contributed by atoms with Crippen molar-refractivity contribution in [3.05, 3.63) is 35.6 Å². The fourth-order valence-electron chi connectivity index (χ4n) is 2.19. The van der Waals surface area contributed by atoms with Crippen molar-refractivity contribution in [1.29, 1.82) is 0 Å². The van der Waals surface area contributed by atoms with Crippen molar-refractivity contribution in [2.45, 2.75) is 38.3 Å². The standard InChI is InChI=1S/C15H19NO2/c1-10-4-3-5-11-8-13(18-14(10)11)15(2,17)9-16-12-6-7-12/h3-5,8,12,16-17H,6-7,9H2,1-2H3. The normalized spacial score (nSPS) is 19.1. The number of furan rings is 1. The molecule has 18 heavy (non-hydrogen) atoms. The van der Waals surface area contributed by atoms with Gasteiger partial charge in [0.15, 0.2) is 0 Å². The molecule has 3 rings (SSSR count). The van der Waals surface area contributed by atoms with E-state index >= 15 is 0 Å². The molecule has 0 aliphatic heterocycles. The van der Waals surface area contributed by atoms with E-state index in [1.54, 1.807) is 6.92 Å². The molecule has 0 amide bonds. The lowest BCUT2D eigenvalue weighted by Gasteiger charge is -2.21. The predicted octanol–water partition coefficient (Wildman–Crippen LogP) is 2.70. The maximum atomic E-state index is 10.5. The predicted molar refractivity (Wildman–Crippen MR) is 71.5 cm³/mol. The average molecular weight is 245 g/mol. The summed E-state index contributed by atoms with van der Waals surface area (Å²) in [6.07, 6.45) is 2.44. The first-order valence-electron chi connectivity index (χ1n) is 6.52. The van der Waals surface area contributed by atoms with Gasteiger partial charge in [-0.1, -0.05) is 18.2 Å². The minimum absolute atomic E-state index is 0.538. The molecule has 1 aromatic heterocycles. The zero-order valence-electron chi connectivity index (χ0n) is 10.9. The monoisotopic (exact) mass is 245 g/mol. The lowest BCUT2D eigenvalue weighted by Crippen LogP contribution is -2.36. The van der Waals surface area contributed by atoms with Crippen LogP contribution in [0.2, 0.25) is 0 Å². The zero-order valence-corrected chi connectivity index (χ0v) is 10.9. The van der Waals surface area contributed by atoms with E-state index in [1.165, 1.54) is 12.8 Å². The SMILES string of the molecule is Cc1cccc2cc(C(C)(O)CNC3CC3)oc12. The molecule has 1 atom stereocenters. The van der Waals surface area contributed by atoms with E-state index in [1.807, 2.05) is 31.2 Å². The van der Waals surface area contributed by atoms with Gasteiger partial charge in [-0.2, -0.15) is 0 Å². The van der Waals surface area contributed by atoms with Gasteiger partial charge in [-0.3, -0.25) is 0 Å². The molecule has 1 aliphatic rings. The van der Waals surface area contributed by atoms with Crippen molar-refractivity contribution in [2.75, 3.05) is 6.54 Å². The van der Waals surface area contributed by atoms with Crippen LogP contribution in [-0.4, -0.2) is 17.7 Å². The van der Waals surface area contributed by atoms with Crippen LogP contribution in [-0.2, 0) is 5.60 Å². The molecule has 1 saturated carbocycles.